The van der Waals surface area contributed by atoms with Crippen LogP contribution in [0.15, 0.2) is 34.5 Å². The highest BCUT2D eigenvalue weighted by atomic mass is 16.4. The Morgan fingerprint density at radius 3 is 2.94 bits per heavy atom. The topological polar surface area (TPSA) is 62.5 Å². The maximum atomic E-state index is 11.7. The number of nitrogens with one attached hydrogen (secondary N) is 1. The fraction of sp³-hybridized carbons (Fsp3) is 0.500. The predicted molar refractivity (Wildman–Crippen MR) is 67.8 cm³/mol. The lowest BCUT2D eigenvalue weighted by atomic mass is 10.0. The van der Waals surface area contributed by atoms with E-state index in [0.717, 1.165) is 5.57 Å². The van der Waals surface area contributed by atoms with Crippen molar-refractivity contribution in [3.8, 4) is 0 Å². The highest BCUT2D eigenvalue weighted by Crippen LogP contribution is 2.35. The minimum atomic E-state index is -1.18. The van der Waals surface area contributed by atoms with Crippen molar-refractivity contribution in [1.29, 1.82) is 0 Å². The van der Waals surface area contributed by atoms with Crippen LogP contribution in [0.2, 0.25) is 0 Å². The number of furan rings is 1. The van der Waals surface area contributed by atoms with Gasteiger partial charge in [0.15, 0.2) is 0 Å². The number of carbonyl (C=O) groups excluding carboxylic acids is 1. The van der Waals surface area contributed by atoms with E-state index in [1.54, 1.807) is 25.1 Å². The molecular formula is C14H19NO3. The number of hydrogen-bond acceptors (Lipinski definition) is 3. The predicted octanol–water partition coefficient (Wildman–Crippen LogP) is 1.96. The molecule has 18 heavy (non-hydrogen) atoms. The molecule has 0 spiro atoms. The number of aliphatic hydroxyl groups is 1. The molecule has 2 rings (SSSR count). The van der Waals surface area contributed by atoms with Crippen LogP contribution in [0.5, 0.6) is 0 Å². The Kier molecular flexibility index (Phi) is 3.57. The molecule has 0 bridgehead atoms. The zero-order valence-electron chi connectivity index (χ0n) is 10.8. The summed E-state index contributed by atoms with van der Waals surface area (Å²) in [7, 11) is 0. The van der Waals surface area contributed by atoms with Crippen LogP contribution >= 0.6 is 0 Å². The Morgan fingerprint density at radius 1 is 1.67 bits per heavy atom. The lowest BCUT2D eigenvalue weighted by molar-refractivity contribution is -0.117. The van der Waals surface area contributed by atoms with Gasteiger partial charge in [0.05, 0.1) is 12.8 Å². The first-order valence-corrected chi connectivity index (χ1v) is 6.21. The minimum absolute atomic E-state index is 0.133. The monoisotopic (exact) mass is 249 g/mol. The van der Waals surface area contributed by atoms with Gasteiger partial charge >= 0.3 is 0 Å². The van der Waals surface area contributed by atoms with Gasteiger partial charge < -0.3 is 14.8 Å². The van der Waals surface area contributed by atoms with Crippen molar-refractivity contribution in [3.63, 3.8) is 0 Å². The van der Waals surface area contributed by atoms with Crippen molar-refractivity contribution in [1.82, 2.24) is 5.32 Å². The molecule has 4 heteroatoms. The second-order valence-corrected chi connectivity index (χ2v) is 5.13. The van der Waals surface area contributed by atoms with E-state index in [-0.39, 0.29) is 12.5 Å². The van der Waals surface area contributed by atoms with Crippen molar-refractivity contribution in [2.45, 2.75) is 32.3 Å². The van der Waals surface area contributed by atoms with Gasteiger partial charge in [0.25, 0.3) is 0 Å². The van der Waals surface area contributed by atoms with Crippen molar-refractivity contribution < 1.29 is 14.3 Å². The molecule has 1 atom stereocenters. The van der Waals surface area contributed by atoms with E-state index in [2.05, 4.69) is 5.32 Å². The van der Waals surface area contributed by atoms with Crippen LogP contribution in [-0.2, 0) is 10.4 Å². The number of rotatable bonds is 5. The summed E-state index contributed by atoms with van der Waals surface area (Å²) in [4.78, 5) is 11.7. The van der Waals surface area contributed by atoms with Crippen LogP contribution in [0.4, 0.5) is 0 Å². The fourth-order valence-corrected chi connectivity index (χ4v) is 1.85. The van der Waals surface area contributed by atoms with Crippen LogP contribution < -0.4 is 5.32 Å². The van der Waals surface area contributed by atoms with E-state index in [1.165, 1.54) is 19.1 Å². The molecule has 2 N–H and O–H groups in total. The largest absolute Gasteiger partial charge is 0.466 e. The van der Waals surface area contributed by atoms with Gasteiger partial charge in [0, 0.05) is 6.08 Å². The molecule has 1 amide bonds. The summed E-state index contributed by atoms with van der Waals surface area (Å²) < 4.78 is 5.14. The quantitative estimate of drug-likeness (QED) is 0.784. The van der Waals surface area contributed by atoms with Gasteiger partial charge in [0.2, 0.25) is 5.91 Å². The number of hydrogen-bond donors (Lipinski definition) is 2. The molecule has 0 saturated heterocycles. The van der Waals surface area contributed by atoms with E-state index in [1.807, 2.05) is 6.92 Å². The molecule has 1 saturated carbocycles. The van der Waals surface area contributed by atoms with Gasteiger partial charge in [-0.1, -0.05) is 5.57 Å². The van der Waals surface area contributed by atoms with Gasteiger partial charge in [-0.3, -0.25) is 4.79 Å². The third kappa shape index (κ3) is 3.23. The lowest BCUT2D eigenvalue weighted by Crippen LogP contribution is -2.37. The molecule has 4 nitrogen and oxygen atoms in total. The maximum Gasteiger partial charge on any atom is 0.244 e. The minimum Gasteiger partial charge on any atom is -0.466 e. The van der Waals surface area contributed by atoms with Crippen LogP contribution in [0.25, 0.3) is 0 Å². The number of amides is 1. The molecule has 1 fully saturated rings. The summed E-state index contributed by atoms with van der Waals surface area (Å²) in [6.45, 7) is 3.72. The average molecular weight is 249 g/mol. The number of allylic oxidation sites excluding steroid dienone is 1. The third-order valence-corrected chi connectivity index (χ3v) is 3.24. The maximum absolute atomic E-state index is 11.7. The van der Waals surface area contributed by atoms with Gasteiger partial charge in [-0.15, -0.1) is 0 Å². The fourth-order valence-electron chi connectivity index (χ4n) is 1.85. The number of carbonyl (C=O) groups is 1. The first kappa shape index (κ1) is 12.9. The zero-order valence-corrected chi connectivity index (χ0v) is 10.8. The van der Waals surface area contributed by atoms with Crippen molar-refractivity contribution >= 4 is 5.91 Å². The SMILES string of the molecule is C/C(=C/C(=O)NCC(C)(O)c1ccco1)C1CC1. The zero-order chi connectivity index (χ0) is 13.2. The average Bonchev–Trinajstić information content (AvgIpc) is 3.01. The van der Waals surface area contributed by atoms with Crippen LogP contribution in [0.3, 0.4) is 0 Å². The summed E-state index contributed by atoms with van der Waals surface area (Å²) in [5.74, 6) is 0.873. The van der Waals surface area contributed by atoms with Crippen LogP contribution in [0, 0.1) is 5.92 Å². The molecule has 1 heterocycles. The summed E-state index contributed by atoms with van der Waals surface area (Å²) in [6.07, 6.45) is 5.48. The molecular weight excluding hydrogens is 230 g/mol. The third-order valence-electron chi connectivity index (χ3n) is 3.24. The molecule has 1 aromatic rings. The second-order valence-electron chi connectivity index (χ2n) is 5.13. The highest BCUT2D eigenvalue weighted by Gasteiger charge is 2.27. The molecule has 1 unspecified atom stereocenters. The summed E-state index contributed by atoms with van der Waals surface area (Å²) in [5, 5.41) is 12.8. The standard InChI is InChI=1S/C14H19NO3/c1-10(11-5-6-11)8-13(16)15-9-14(2,17)12-4-3-7-18-12/h3-4,7-8,11,17H,5-6,9H2,1-2H3,(H,15,16)/b10-8-. The van der Waals surface area contributed by atoms with Crippen molar-refractivity contribution in [3.05, 3.63) is 35.8 Å². The van der Waals surface area contributed by atoms with Crippen LogP contribution in [0.1, 0.15) is 32.4 Å². The summed E-state index contributed by atoms with van der Waals surface area (Å²) in [5.41, 5.74) is -0.0642. The van der Waals surface area contributed by atoms with Gasteiger partial charge in [-0.05, 0) is 44.7 Å². The van der Waals surface area contributed by atoms with Crippen molar-refractivity contribution in [2.75, 3.05) is 6.54 Å². The Balaban J connectivity index is 1.87. The lowest BCUT2D eigenvalue weighted by Gasteiger charge is -2.20. The van der Waals surface area contributed by atoms with E-state index < -0.39 is 5.60 Å². The molecule has 0 aliphatic heterocycles. The van der Waals surface area contributed by atoms with E-state index in [0.29, 0.717) is 11.7 Å². The molecule has 0 aromatic carbocycles. The van der Waals surface area contributed by atoms with Gasteiger partial charge in [-0.25, -0.2) is 0 Å². The van der Waals surface area contributed by atoms with E-state index in [4.69, 9.17) is 4.42 Å². The van der Waals surface area contributed by atoms with Crippen molar-refractivity contribution in [2.24, 2.45) is 5.92 Å². The Hall–Kier alpha value is -1.55. The Bertz CT molecular complexity index is 442. The molecule has 0 radical (unpaired) electrons. The summed E-state index contributed by atoms with van der Waals surface area (Å²) in [6, 6.07) is 3.40. The second kappa shape index (κ2) is 4.98. The van der Waals surface area contributed by atoms with Crippen LogP contribution in [-0.4, -0.2) is 17.6 Å². The molecule has 98 valence electrons. The molecule has 1 aromatic heterocycles. The van der Waals surface area contributed by atoms with Gasteiger partial charge in [0.1, 0.15) is 11.4 Å². The molecule has 1 aliphatic rings. The first-order chi connectivity index (χ1) is 8.49. The smallest absolute Gasteiger partial charge is 0.244 e. The molecule has 1 aliphatic carbocycles. The Morgan fingerprint density at radius 2 is 2.39 bits per heavy atom. The highest BCUT2D eigenvalue weighted by molar-refractivity contribution is 5.88. The Labute approximate surface area is 107 Å². The van der Waals surface area contributed by atoms with E-state index in [9.17, 15) is 9.90 Å². The normalized spacial score (nSPS) is 19.4. The first-order valence-electron chi connectivity index (χ1n) is 6.21. The van der Waals surface area contributed by atoms with Gasteiger partial charge in [-0.2, -0.15) is 0 Å². The summed E-state index contributed by atoms with van der Waals surface area (Å²) >= 11 is 0. The van der Waals surface area contributed by atoms with E-state index >= 15 is 0 Å².